The Morgan fingerprint density at radius 2 is 1.64 bits per heavy atom. The van der Waals surface area contributed by atoms with Crippen LogP contribution in [0, 0.1) is 6.92 Å². The molecule has 5 nitrogen and oxygen atoms in total. The molecule has 0 aliphatic heterocycles. The molecule has 2 aromatic rings. The van der Waals surface area contributed by atoms with E-state index in [0.717, 1.165) is 17.7 Å². The van der Waals surface area contributed by atoms with Crippen LogP contribution in [0.1, 0.15) is 15.9 Å². The lowest BCUT2D eigenvalue weighted by Crippen LogP contribution is -2.10. The lowest BCUT2D eigenvalue weighted by Gasteiger charge is -2.10. The van der Waals surface area contributed by atoms with Crippen molar-refractivity contribution in [3.63, 3.8) is 0 Å². The molecular weight excluding hydrogens is 351 g/mol. The SMILES string of the molecule is Cc1ccc(S(=O)(=O)Oc2ccc(C(=O)O)c(Cl)c2Cl)cc1. The van der Waals surface area contributed by atoms with Crippen LogP contribution < -0.4 is 4.18 Å². The van der Waals surface area contributed by atoms with Gasteiger partial charge in [0.15, 0.2) is 5.75 Å². The number of halogens is 2. The van der Waals surface area contributed by atoms with Crippen molar-refractivity contribution in [1.82, 2.24) is 0 Å². The minimum Gasteiger partial charge on any atom is -0.478 e. The van der Waals surface area contributed by atoms with Crippen LogP contribution in [0.4, 0.5) is 0 Å². The van der Waals surface area contributed by atoms with E-state index >= 15 is 0 Å². The molecule has 22 heavy (non-hydrogen) atoms. The van der Waals surface area contributed by atoms with Gasteiger partial charge in [-0.05, 0) is 31.2 Å². The first-order valence-electron chi connectivity index (χ1n) is 5.95. The van der Waals surface area contributed by atoms with Gasteiger partial charge in [-0.2, -0.15) is 8.42 Å². The fourth-order valence-corrected chi connectivity index (χ4v) is 3.06. The lowest BCUT2D eigenvalue weighted by atomic mass is 10.2. The number of carbonyl (C=O) groups is 1. The smallest absolute Gasteiger partial charge is 0.339 e. The van der Waals surface area contributed by atoms with E-state index < -0.39 is 16.1 Å². The zero-order valence-corrected chi connectivity index (χ0v) is 13.5. The van der Waals surface area contributed by atoms with Crippen LogP contribution in [0.15, 0.2) is 41.3 Å². The topological polar surface area (TPSA) is 80.7 Å². The normalized spacial score (nSPS) is 11.2. The molecule has 8 heteroatoms. The van der Waals surface area contributed by atoms with E-state index in [0.29, 0.717) is 0 Å². The predicted octanol–water partition coefficient (Wildman–Crippen LogP) is 3.77. The number of aryl methyl sites for hydroxylation is 1. The molecule has 0 aromatic heterocycles. The number of hydrogen-bond acceptors (Lipinski definition) is 4. The molecule has 0 spiro atoms. The molecule has 0 bridgehead atoms. The Morgan fingerprint density at radius 1 is 1.05 bits per heavy atom. The largest absolute Gasteiger partial charge is 0.478 e. The fourth-order valence-electron chi connectivity index (χ4n) is 1.63. The first-order valence-corrected chi connectivity index (χ1v) is 8.11. The molecule has 0 saturated carbocycles. The zero-order valence-electron chi connectivity index (χ0n) is 11.2. The third-order valence-corrected chi connectivity index (χ3v) is 4.90. The standard InChI is InChI=1S/C14H10Cl2O5S/c1-8-2-4-9(5-3-8)22(19,20)21-11-7-6-10(14(17)18)12(15)13(11)16/h2-7H,1H3,(H,17,18). The average Bonchev–Trinajstić information content (AvgIpc) is 2.44. The first-order chi connectivity index (χ1) is 10.2. The molecule has 2 rings (SSSR count). The Hall–Kier alpha value is -1.76. The van der Waals surface area contributed by atoms with Crippen molar-refractivity contribution < 1.29 is 22.5 Å². The van der Waals surface area contributed by atoms with Gasteiger partial charge in [-0.25, -0.2) is 4.79 Å². The molecule has 0 heterocycles. The number of carboxylic acids is 1. The van der Waals surface area contributed by atoms with E-state index in [1.165, 1.54) is 12.1 Å². The first kappa shape index (κ1) is 16.6. The maximum absolute atomic E-state index is 12.2. The van der Waals surface area contributed by atoms with Gasteiger partial charge in [-0.3, -0.25) is 0 Å². The molecule has 0 saturated heterocycles. The highest BCUT2D eigenvalue weighted by molar-refractivity contribution is 7.87. The van der Waals surface area contributed by atoms with Crippen LogP contribution in [0.5, 0.6) is 5.75 Å². The summed E-state index contributed by atoms with van der Waals surface area (Å²) in [5, 5.41) is 8.35. The minimum atomic E-state index is -4.09. The molecule has 0 aliphatic carbocycles. The quantitative estimate of drug-likeness (QED) is 0.839. The second kappa shape index (κ2) is 6.16. The molecule has 0 amide bonds. The van der Waals surface area contributed by atoms with E-state index in [-0.39, 0.29) is 26.3 Å². The van der Waals surface area contributed by atoms with E-state index in [9.17, 15) is 13.2 Å². The second-order valence-corrected chi connectivity index (χ2v) is 6.70. The van der Waals surface area contributed by atoms with Crippen LogP contribution in [-0.4, -0.2) is 19.5 Å². The highest BCUT2D eigenvalue weighted by Gasteiger charge is 2.21. The van der Waals surface area contributed by atoms with Gasteiger partial charge >= 0.3 is 16.1 Å². The molecular formula is C14H10Cl2O5S. The number of rotatable bonds is 4. The highest BCUT2D eigenvalue weighted by atomic mass is 35.5. The fraction of sp³-hybridized carbons (Fsp3) is 0.0714. The van der Waals surface area contributed by atoms with Crippen molar-refractivity contribution in [2.75, 3.05) is 0 Å². The third kappa shape index (κ3) is 3.35. The third-order valence-electron chi connectivity index (χ3n) is 2.79. The summed E-state index contributed by atoms with van der Waals surface area (Å²) in [5.74, 6) is -1.52. The van der Waals surface area contributed by atoms with Crippen LogP contribution in [0.3, 0.4) is 0 Å². The lowest BCUT2D eigenvalue weighted by molar-refractivity contribution is 0.0697. The van der Waals surface area contributed by atoms with E-state index in [1.807, 2.05) is 6.92 Å². The highest BCUT2D eigenvalue weighted by Crippen LogP contribution is 2.36. The van der Waals surface area contributed by atoms with Gasteiger partial charge in [-0.15, -0.1) is 0 Å². The van der Waals surface area contributed by atoms with Crippen LogP contribution in [0.25, 0.3) is 0 Å². The van der Waals surface area contributed by atoms with Crippen molar-refractivity contribution in [3.8, 4) is 5.75 Å². The Bertz CT molecular complexity index is 829. The molecule has 0 fully saturated rings. The Morgan fingerprint density at radius 3 is 2.18 bits per heavy atom. The van der Waals surface area contributed by atoms with E-state index in [4.69, 9.17) is 32.5 Å². The molecule has 1 N–H and O–H groups in total. The number of aromatic carboxylic acids is 1. The molecule has 116 valence electrons. The Labute approximate surface area is 137 Å². The summed E-state index contributed by atoms with van der Waals surface area (Å²) in [6.45, 7) is 1.82. The number of hydrogen-bond donors (Lipinski definition) is 1. The average molecular weight is 361 g/mol. The maximum atomic E-state index is 12.2. The van der Waals surface area contributed by atoms with Crippen molar-refractivity contribution in [1.29, 1.82) is 0 Å². The van der Waals surface area contributed by atoms with Crippen molar-refractivity contribution in [2.45, 2.75) is 11.8 Å². The number of benzene rings is 2. The zero-order chi connectivity index (χ0) is 16.5. The van der Waals surface area contributed by atoms with Crippen molar-refractivity contribution in [3.05, 3.63) is 57.6 Å². The molecule has 2 aromatic carbocycles. The summed E-state index contributed by atoms with van der Waals surface area (Å²) in [6.07, 6.45) is 0. The van der Waals surface area contributed by atoms with Crippen molar-refractivity contribution in [2.24, 2.45) is 0 Å². The van der Waals surface area contributed by atoms with Gasteiger partial charge in [0.2, 0.25) is 0 Å². The van der Waals surface area contributed by atoms with E-state index in [1.54, 1.807) is 12.1 Å². The molecule has 0 radical (unpaired) electrons. The summed E-state index contributed by atoms with van der Waals surface area (Å²) in [4.78, 5) is 10.9. The van der Waals surface area contributed by atoms with Gasteiger partial charge in [0.05, 0.1) is 10.6 Å². The maximum Gasteiger partial charge on any atom is 0.339 e. The number of carboxylic acid groups (broad SMARTS) is 1. The molecule has 0 unspecified atom stereocenters. The predicted molar refractivity (Wildman–Crippen MR) is 82.4 cm³/mol. The van der Waals surface area contributed by atoms with Crippen molar-refractivity contribution >= 4 is 39.3 Å². The van der Waals surface area contributed by atoms with E-state index in [2.05, 4.69) is 0 Å². The van der Waals surface area contributed by atoms with Crippen LogP contribution >= 0.6 is 23.2 Å². The Kier molecular flexibility index (Phi) is 4.65. The van der Waals surface area contributed by atoms with Gasteiger partial charge in [0, 0.05) is 0 Å². The van der Waals surface area contributed by atoms with Gasteiger partial charge in [0.25, 0.3) is 0 Å². The van der Waals surface area contributed by atoms with Gasteiger partial charge in [0.1, 0.15) is 9.92 Å². The molecule has 0 atom stereocenters. The molecule has 0 aliphatic rings. The second-order valence-electron chi connectivity index (χ2n) is 4.39. The van der Waals surface area contributed by atoms with Gasteiger partial charge in [-0.1, -0.05) is 40.9 Å². The summed E-state index contributed by atoms with van der Waals surface area (Å²) < 4.78 is 29.2. The van der Waals surface area contributed by atoms with Crippen LogP contribution in [-0.2, 0) is 10.1 Å². The van der Waals surface area contributed by atoms with Gasteiger partial charge < -0.3 is 9.29 Å². The van der Waals surface area contributed by atoms with Crippen LogP contribution in [0.2, 0.25) is 10.0 Å². The summed E-state index contributed by atoms with van der Waals surface area (Å²) in [6, 6.07) is 8.30. The summed E-state index contributed by atoms with van der Waals surface area (Å²) >= 11 is 11.7. The summed E-state index contributed by atoms with van der Waals surface area (Å²) in [7, 11) is -4.09. The summed E-state index contributed by atoms with van der Waals surface area (Å²) in [5.41, 5.74) is 0.651. The minimum absolute atomic E-state index is 0.0485. The monoisotopic (exact) mass is 360 g/mol. The Balaban J connectivity index is 2.40.